The molecule has 3 rings (SSSR count). The number of carbonyl (C=O) groups excluding carboxylic acids is 1. The maximum atomic E-state index is 12.4. The van der Waals surface area contributed by atoms with Gasteiger partial charge < -0.3 is 5.32 Å². The summed E-state index contributed by atoms with van der Waals surface area (Å²) in [4.78, 5) is 16.9. The van der Waals surface area contributed by atoms with Crippen LogP contribution in [0.4, 0.5) is 0 Å². The van der Waals surface area contributed by atoms with Crippen molar-refractivity contribution in [2.45, 2.75) is 18.4 Å². The summed E-state index contributed by atoms with van der Waals surface area (Å²) in [6.07, 6.45) is 4.33. The summed E-state index contributed by atoms with van der Waals surface area (Å²) in [5, 5.41) is 7.04. The molecule has 0 unspecified atom stereocenters. The lowest BCUT2D eigenvalue weighted by Gasteiger charge is -2.07. The second-order valence-electron chi connectivity index (χ2n) is 5.84. The Balaban J connectivity index is 1.70. The van der Waals surface area contributed by atoms with E-state index in [4.69, 9.17) is 0 Å². The summed E-state index contributed by atoms with van der Waals surface area (Å²) in [6.45, 7) is 2.09. The average molecular weight is 370 g/mol. The van der Waals surface area contributed by atoms with E-state index in [9.17, 15) is 13.2 Å². The molecule has 2 aromatic heterocycles. The number of nitrogens with one attached hydrogen (secondary N) is 1. The minimum absolute atomic E-state index is 0.250. The molecule has 2 heterocycles. The Morgan fingerprint density at radius 2 is 1.88 bits per heavy atom. The van der Waals surface area contributed by atoms with Crippen LogP contribution in [0.5, 0.6) is 0 Å². The third-order valence-electron chi connectivity index (χ3n) is 3.93. The standard InChI is InChI=1S/C18H18N4O3S/c1-13-16(12-21-22(13)17-5-3-4-10-19-17)18(23)20-11-14-6-8-15(9-7-14)26(2,24)25/h3-10,12H,11H2,1-2H3,(H,20,23). The summed E-state index contributed by atoms with van der Waals surface area (Å²) in [5.74, 6) is 0.386. The van der Waals surface area contributed by atoms with E-state index in [2.05, 4.69) is 15.4 Å². The molecule has 0 saturated heterocycles. The fourth-order valence-corrected chi connectivity index (χ4v) is 3.11. The fourth-order valence-electron chi connectivity index (χ4n) is 2.47. The minimum Gasteiger partial charge on any atom is -0.348 e. The van der Waals surface area contributed by atoms with E-state index in [-0.39, 0.29) is 17.3 Å². The SMILES string of the molecule is Cc1c(C(=O)NCc2ccc(S(C)(=O)=O)cc2)cnn1-c1ccccn1. The van der Waals surface area contributed by atoms with Gasteiger partial charge >= 0.3 is 0 Å². The number of aromatic nitrogens is 3. The van der Waals surface area contributed by atoms with Crippen molar-refractivity contribution in [3.05, 3.63) is 71.7 Å². The molecule has 134 valence electrons. The van der Waals surface area contributed by atoms with Gasteiger partial charge in [-0.3, -0.25) is 4.79 Å². The van der Waals surface area contributed by atoms with Crippen molar-refractivity contribution in [3.63, 3.8) is 0 Å². The predicted octanol–water partition coefficient (Wildman–Crippen LogP) is 1.91. The first-order valence-corrected chi connectivity index (χ1v) is 9.78. The quantitative estimate of drug-likeness (QED) is 0.740. The van der Waals surface area contributed by atoms with Crippen molar-refractivity contribution in [2.24, 2.45) is 0 Å². The Hall–Kier alpha value is -3.00. The second kappa shape index (κ2) is 7.09. The maximum absolute atomic E-state index is 12.4. The highest BCUT2D eigenvalue weighted by Crippen LogP contribution is 2.13. The van der Waals surface area contributed by atoms with Crippen LogP contribution >= 0.6 is 0 Å². The predicted molar refractivity (Wildman–Crippen MR) is 96.8 cm³/mol. The molecule has 7 nitrogen and oxygen atoms in total. The van der Waals surface area contributed by atoms with E-state index in [0.717, 1.165) is 11.8 Å². The lowest BCUT2D eigenvalue weighted by atomic mass is 10.2. The number of amides is 1. The van der Waals surface area contributed by atoms with Gasteiger partial charge in [-0.15, -0.1) is 0 Å². The highest BCUT2D eigenvalue weighted by atomic mass is 32.2. The van der Waals surface area contributed by atoms with Gasteiger partial charge in [0, 0.05) is 19.0 Å². The number of carbonyl (C=O) groups is 1. The van der Waals surface area contributed by atoms with Crippen molar-refractivity contribution >= 4 is 15.7 Å². The van der Waals surface area contributed by atoms with Gasteiger partial charge in [0.1, 0.15) is 0 Å². The van der Waals surface area contributed by atoms with E-state index in [1.54, 1.807) is 29.9 Å². The van der Waals surface area contributed by atoms with Crippen LogP contribution in [0.15, 0.2) is 59.8 Å². The van der Waals surface area contributed by atoms with Crippen LogP contribution in [0, 0.1) is 6.92 Å². The van der Waals surface area contributed by atoms with Gasteiger partial charge in [-0.2, -0.15) is 5.10 Å². The Kier molecular flexibility index (Phi) is 4.85. The molecule has 0 atom stereocenters. The average Bonchev–Trinajstić information content (AvgIpc) is 3.01. The van der Waals surface area contributed by atoms with Gasteiger partial charge in [-0.25, -0.2) is 18.1 Å². The van der Waals surface area contributed by atoms with Gasteiger partial charge in [0.25, 0.3) is 5.91 Å². The zero-order valence-electron chi connectivity index (χ0n) is 14.4. The number of hydrogen-bond donors (Lipinski definition) is 1. The maximum Gasteiger partial charge on any atom is 0.255 e. The first-order valence-electron chi connectivity index (χ1n) is 7.89. The third-order valence-corrected chi connectivity index (χ3v) is 5.05. The van der Waals surface area contributed by atoms with Crippen molar-refractivity contribution < 1.29 is 13.2 Å². The molecule has 1 N–H and O–H groups in total. The molecule has 0 radical (unpaired) electrons. The van der Waals surface area contributed by atoms with Crippen molar-refractivity contribution in [2.75, 3.05) is 6.26 Å². The molecule has 0 aliphatic rings. The smallest absolute Gasteiger partial charge is 0.255 e. The highest BCUT2D eigenvalue weighted by molar-refractivity contribution is 7.90. The van der Waals surface area contributed by atoms with Crippen LogP contribution < -0.4 is 5.32 Å². The normalized spacial score (nSPS) is 11.3. The number of benzene rings is 1. The van der Waals surface area contributed by atoms with Crippen LogP contribution in [-0.4, -0.2) is 35.3 Å². The molecule has 3 aromatic rings. The largest absolute Gasteiger partial charge is 0.348 e. The van der Waals surface area contributed by atoms with Gasteiger partial charge in [-0.1, -0.05) is 18.2 Å². The van der Waals surface area contributed by atoms with Gasteiger partial charge in [-0.05, 0) is 36.8 Å². The molecule has 0 bridgehead atoms. The van der Waals surface area contributed by atoms with Gasteiger partial charge in [0.2, 0.25) is 0 Å². The molecule has 0 aliphatic heterocycles. The molecule has 1 aromatic carbocycles. The fraction of sp³-hybridized carbons (Fsp3) is 0.167. The van der Waals surface area contributed by atoms with Crippen molar-refractivity contribution in [3.8, 4) is 5.82 Å². The third kappa shape index (κ3) is 3.80. The number of sulfone groups is 1. The summed E-state index contributed by atoms with van der Waals surface area (Å²) in [6, 6.07) is 11.9. The number of rotatable bonds is 5. The molecular formula is C18H18N4O3S. The Bertz CT molecular complexity index is 1030. The van der Waals surface area contributed by atoms with Crippen molar-refractivity contribution in [1.82, 2.24) is 20.1 Å². The van der Waals surface area contributed by atoms with E-state index < -0.39 is 9.84 Å². The summed E-state index contributed by atoms with van der Waals surface area (Å²) >= 11 is 0. The monoisotopic (exact) mass is 370 g/mol. The molecular weight excluding hydrogens is 352 g/mol. The number of pyridine rings is 1. The Morgan fingerprint density at radius 1 is 1.15 bits per heavy atom. The zero-order chi connectivity index (χ0) is 18.7. The lowest BCUT2D eigenvalue weighted by Crippen LogP contribution is -2.23. The molecule has 0 saturated carbocycles. The van der Waals surface area contributed by atoms with E-state index >= 15 is 0 Å². The zero-order valence-corrected chi connectivity index (χ0v) is 15.2. The second-order valence-corrected chi connectivity index (χ2v) is 7.86. The van der Waals surface area contributed by atoms with E-state index in [1.807, 2.05) is 18.2 Å². The van der Waals surface area contributed by atoms with Gasteiger partial charge in [0.15, 0.2) is 15.7 Å². The van der Waals surface area contributed by atoms with Crippen LogP contribution in [0.1, 0.15) is 21.6 Å². The summed E-state index contributed by atoms with van der Waals surface area (Å²) < 4.78 is 24.5. The molecule has 8 heteroatoms. The molecule has 0 aliphatic carbocycles. The molecule has 26 heavy (non-hydrogen) atoms. The first-order chi connectivity index (χ1) is 12.4. The lowest BCUT2D eigenvalue weighted by molar-refractivity contribution is 0.0950. The summed E-state index contributed by atoms with van der Waals surface area (Å²) in [5.41, 5.74) is 1.96. The first kappa shape index (κ1) is 17.8. The Labute approximate surface area is 151 Å². The minimum atomic E-state index is -3.23. The number of hydrogen-bond acceptors (Lipinski definition) is 5. The molecule has 0 spiro atoms. The Morgan fingerprint density at radius 3 is 2.50 bits per heavy atom. The highest BCUT2D eigenvalue weighted by Gasteiger charge is 2.15. The van der Waals surface area contributed by atoms with Gasteiger partial charge in [0.05, 0.1) is 22.3 Å². The van der Waals surface area contributed by atoms with E-state index in [0.29, 0.717) is 17.1 Å². The van der Waals surface area contributed by atoms with Crippen molar-refractivity contribution in [1.29, 1.82) is 0 Å². The van der Waals surface area contributed by atoms with Crippen LogP contribution in [0.3, 0.4) is 0 Å². The number of nitrogens with zero attached hydrogens (tertiary/aromatic N) is 3. The van der Waals surface area contributed by atoms with E-state index in [1.165, 1.54) is 18.3 Å². The van der Waals surface area contributed by atoms with Crippen LogP contribution in [0.25, 0.3) is 5.82 Å². The van der Waals surface area contributed by atoms with Crippen LogP contribution in [0.2, 0.25) is 0 Å². The molecule has 1 amide bonds. The van der Waals surface area contributed by atoms with Crippen LogP contribution in [-0.2, 0) is 16.4 Å². The summed E-state index contributed by atoms with van der Waals surface area (Å²) in [7, 11) is -3.23. The topological polar surface area (TPSA) is 94.0 Å². The molecule has 0 fully saturated rings.